The molecule has 1 saturated heterocycles. The highest BCUT2D eigenvalue weighted by Crippen LogP contribution is 2.23. The Morgan fingerprint density at radius 1 is 1.28 bits per heavy atom. The quantitative estimate of drug-likeness (QED) is 0.835. The SMILES string of the molecule is Cc1cccc(CC(=O)[C@@H]2CCC(F)CCN2C(=O)OC(C)(C)C)n1. The normalized spacial score (nSPS) is 21.6. The van der Waals surface area contributed by atoms with Crippen molar-refractivity contribution in [2.45, 2.75) is 71.2 Å². The van der Waals surface area contributed by atoms with Crippen molar-refractivity contribution in [1.29, 1.82) is 0 Å². The predicted molar refractivity (Wildman–Crippen MR) is 93.2 cm³/mol. The van der Waals surface area contributed by atoms with E-state index < -0.39 is 23.9 Å². The highest BCUT2D eigenvalue weighted by atomic mass is 19.1. The summed E-state index contributed by atoms with van der Waals surface area (Å²) in [7, 11) is 0. The van der Waals surface area contributed by atoms with Gasteiger partial charge in [-0.3, -0.25) is 14.7 Å². The Labute approximate surface area is 148 Å². The molecule has 2 atom stereocenters. The number of likely N-dealkylation sites (tertiary alicyclic amines) is 1. The van der Waals surface area contributed by atoms with E-state index in [4.69, 9.17) is 4.74 Å². The molecule has 0 radical (unpaired) electrons. The van der Waals surface area contributed by atoms with Crippen molar-refractivity contribution in [3.05, 3.63) is 29.6 Å². The second-order valence-electron chi connectivity index (χ2n) is 7.57. The minimum atomic E-state index is -1.00. The highest BCUT2D eigenvalue weighted by molar-refractivity contribution is 5.89. The lowest BCUT2D eigenvalue weighted by atomic mass is 10.0. The van der Waals surface area contributed by atoms with Crippen molar-refractivity contribution >= 4 is 11.9 Å². The lowest BCUT2D eigenvalue weighted by Gasteiger charge is -2.31. The molecule has 1 fully saturated rings. The largest absolute Gasteiger partial charge is 0.444 e. The van der Waals surface area contributed by atoms with Gasteiger partial charge in [-0.15, -0.1) is 0 Å². The molecule has 25 heavy (non-hydrogen) atoms. The van der Waals surface area contributed by atoms with E-state index >= 15 is 0 Å². The van der Waals surface area contributed by atoms with E-state index in [0.717, 1.165) is 5.69 Å². The summed E-state index contributed by atoms with van der Waals surface area (Å²) in [6.07, 6.45) is -0.618. The fraction of sp³-hybridized carbons (Fsp3) is 0.632. The summed E-state index contributed by atoms with van der Waals surface area (Å²) in [5, 5.41) is 0. The molecule has 1 aromatic heterocycles. The molecule has 0 aromatic carbocycles. The number of carbonyl (C=O) groups excluding carboxylic acids is 2. The molecule has 0 saturated carbocycles. The van der Waals surface area contributed by atoms with Gasteiger partial charge in [-0.25, -0.2) is 9.18 Å². The Balaban J connectivity index is 2.16. The topological polar surface area (TPSA) is 59.5 Å². The van der Waals surface area contributed by atoms with Crippen molar-refractivity contribution in [1.82, 2.24) is 9.88 Å². The molecule has 1 aromatic rings. The first-order valence-corrected chi connectivity index (χ1v) is 8.74. The van der Waals surface area contributed by atoms with Crippen LogP contribution in [0.2, 0.25) is 0 Å². The number of aryl methyl sites for hydroxylation is 1. The Kier molecular flexibility index (Phi) is 6.14. The number of pyridine rings is 1. The molecule has 0 bridgehead atoms. The molecule has 0 aliphatic carbocycles. The maximum absolute atomic E-state index is 13.8. The van der Waals surface area contributed by atoms with Gasteiger partial charge in [0.2, 0.25) is 0 Å². The number of hydrogen-bond donors (Lipinski definition) is 0. The Hall–Kier alpha value is -1.98. The fourth-order valence-corrected chi connectivity index (χ4v) is 2.94. The number of Topliss-reactive ketones (excluding diaryl/α,β-unsaturated/α-hetero) is 1. The van der Waals surface area contributed by atoms with Crippen molar-refractivity contribution in [3.63, 3.8) is 0 Å². The van der Waals surface area contributed by atoms with Crippen LogP contribution in [0, 0.1) is 6.92 Å². The van der Waals surface area contributed by atoms with E-state index in [1.165, 1.54) is 4.90 Å². The number of nitrogens with zero attached hydrogens (tertiary/aromatic N) is 2. The summed E-state index contributed by atoms with van der Waals surface area (Å²) in [5.74, 6) is -0.127. The number of alkyl halides is 1. The minimum Gasteiger partial charge on any atom is -0.444 e. The summed E-state index contributed by atoms with van der Waals surface area (Å²) in [5.41, 5.74) is 0.832. The third-order valence-electron chi connectivity index (χ3n) is 4.11. The third-order valence-corrected chi connectivity index (χ3v) is 4.11. The van der Waals surface area contributed by atoms with Gasteiger partial charge in [0.1, 0.15) is 11.8 Å². The van der Waals surface area contributed by atoms with Crippen LogP contribution in [0.3, 0.4) is 0 Å². The number of carbonyl (C=O) groups is 2. The van der Waals surface area contributed by atoms with Crippen LogP contribution in [0.5, 0.6) is 0 Å². The predicted octanol–water partition coefficient (Wildman–Crippen LogP) is 3.63. The van der Waals surface area contributed by atoms with Crippen LogP contribution in [0.25, 0.3) is 0 Å². The molecular formula is C19H27FN2O3. The first-order chi connectivity index (χ1) is 11.7. The Morgan fingerprint density at radius 3 is 2.64 bits per heavy atom. The fourth-order valence-electron chi connectivity index (χ4n) is 2.94. The van der Waals surface area contributed by atoms with E-state index in [1.54, 1.807) is 26.8 Å². The van der Waals surface area contributed by atoms with Crippen LogP contribution in [0.15, 0.2) is 18.2 Å². The first-order valence-electron chi connectivity index (χ1n) is 8.74. The summed E-state index contributed by atoms with van der Waals surface area (Å²) < 4.78 is 19.2. The maximum Gasteiger partial charge on any atom is 0.410 e. The van der Waals surface area contributed by atoms with Crippen LogP contribution in [0.1, 0.15) is 51.4 Å². The van der Waals surface area contributed by atoms with Crippen LogP contribution in [-0.2, 0) is 16.0 Å². The number of rotatable bonds is 3. The minimum absolute atomic E-state index is 0.127. The number of amides is 1. The number of halogens is 1. The van der Waals surface area contributed by atoms with E-state index in [1.807, 2.05) is 19.1 Å². The van der Waals surface area contributed by atoms with Crippen molar-refractivity contribution < 1.29 is 18.7 Å². The lowest BCUT2D eigenvalue weighted by molar-refractivity contribution is -0.123. The van der Waals surface area contributed by atoms with Crippen LogP contribution in [0.4, 0.5) is 9.18 Å². The molecule has 1 aliphatic rings. The van der Waals surface area contributed by atoms with Crippen molar-refractivity contribution in [3.8, 4) is 0 Å². The van der Waals surface area contributed by atoms with Crippen LogP contribution in [-0.4, -0.2) is 46.1 Å². The molecule has 1 aliphatic heterocycles. The standard InChI is InChI=1S/C19H27FN2O3/c1-13-6-5-7-15(21-13)12-17(23)16-9-8-14(20)10-11-22(16)18(24)25-19(2,3)4/h5-7,14,16H,8-12H2,1-4H3/t14?,16-/m0/s1. The van der Waals surface area contributed by atoms with Gasteiger partial charge in [0.05, 0.1) is 12.5 Å². The average Bonchev–Trinajstić information content (AvgIpc) is 2.67. The number of ketones is 1. The molecule has 1 amide bonds. The van der Waals surface area contributed by atoms with E-state index in [0.29, 0.717) is 12.1 Å². The molecule has 0 spiro atoms. The van der Waals surface area contributed by atoms with E-state index in [9.17, 15) is 14.0 Å². The Bertz CT molecular complexity index is 627. The summed E-state index contributed by atoms with van der Waals surface area (Å²) >= 11 is 0. The lowest BCUT2D eigenvalue weighted by Crippen LogP contribution is -2.47. The second kappa shape index (κ2) is 7.93. The van der Waals surface area contributed by atoms with E-state index in [-0.39, 0.29) is 31.6 Å². The zero-order chi connectivity index (χ0) is 18.6. The summed E-state index contributed by atoms with van der Waals surface area (Å²) in [6, 6.07) is 4.83. The molecule has 2 heterocycles. The monoisotopic (exact) mass is 350 g/mol. The van der Waals surface area contributed by atoms with E-state index in [2.05, 4.69) is 4.98 Å². The van der Waals surface area contributed by atoms with Gasteiger partial charge < -0.3 is 4.74 Å². The molecule has 0 N–H and O–H groups in total. The van der Waals surface area contributed by atoms with Gasteiger partial charge >= 0.3 is 6.09 Å². The molecule has 5 nitrogen and oxygen atoms in total. The molecule has 138 valence electrons. The number of ether oxygens (including phenoxy) is 1. The highest BCUT2D eigenvalue weighted by Gasteiger charge is 2.35. The zero-order valence-electron chi connectivity index (χ0n) is 15.4. The first kappa shape index (κ1) is 19.3. The van der Waals surface area contributed by atoms with Gasteiger partial charge in [0.15, 0.2) is 5.78 Å². The number of aromatic nitrogens is 1. The summed E-state index contributed by atoms with van der Waals surface area (Å²) in [4.78, 5) is 31.1. The third kappa shape index (κ3) is 5.80. The van der Waals surface area contributed by atoms with Crippen LogP contribution < -0.4 is 0 Å². The van der Waals surface area contributed by atoms with Gasteiger partial charge in [0, 0.05) is 17.9 Å². The Morgan fingerprint density at radius 2 is 2.00 bits per heavy atom. The smallest absolute Gasteiger partial charge is 0.410 e. The average molecular weight is 350 g/mol. The molecule has 6 heteroatoms. The maximum atomic E-state index is 13.8. The number of hydrogen-bond acceptors (Lipinski definition) is 4. The van der Waals surface area contributed by atoms with Crippen LogP contribution >= 0.6 is 0 Å². The summed E-state index contributed by atoms with van der Waals surface area (Å²) in [6.45, 7) is 7.37. The van der Waals surface area contributed by atoms with Crippen molar-refractivity contribution in [2.75, 3.05) is 6.54 Å². The molecular weight excluding hydrogens is 323 g/mol. The van der Waals surface area contributed by atoms with Gasteiger partial charge in [-0.1, -0.05) is 6.07 Å². The van der Waals surface area contributed by atoms with Gasteiger partial charge in [-0.2, -0.15) is 0 Å². The second-order valence-corrected chi connectivity index (χ2v) is 7.57. The molecule has 2 rings (SSSR count). The molecule has 1 unspecified atom stereocenters. The van der Waals surface area contributed by atoms with Gasteiger partial charge in [-0.05, 0) is 59.1 Å². The van der Waals surface area contributed by atoms with Crippen molar-refractivity contribution in [2.24, 2.45) is 0 Å². The zero-order valence-corrected chi connectivity index (χ0v) is 15.4. The van der Waals surface area contributed by atoms with Gasteiger partial charge in [0.25, 0.3) is 0 Å².